The Morgan fingerprint density at radius 3 is 2.42 bits per heavy atom. The fourth-order valence-electron chi connectivity index (χ4n) is 2.92. The molecule has 0 heterocycles. The molecule has 0 radical (unpaired) electrons. The maximum Gasteiger partial charge on any atom is 0.224 e. The molecule has 1 amide bonds. The Labute approximate surface area is 156 Å². The molecule has 0 spiro atoms. The summed E-state index contributed by atoms with van der Waals surface area (Å²) in [6, 6.07) is 17.0. The SMILES string of the molecule is Cc1cccc(CC(=O)NCCN(C(C)c2ccccc2)S(C)(=O)=O)c1. The van der Waals surface area contributed by atoms with Crippen LogP contribution >= 0.6 is 0 Å². The predicted molar refractivity (Wildman–Crippen MR) is 104 cm³/mol. The number of hydrogen-bond donors (Lipinski definition) is 1. The second-order valence-electron chi connectivity index (χ2n) is 6.48. The number of aryl methyl sites for hydroxylation is 1. The third kappa shape index (κ3) is 5.97. The van der Waals surface area contributed by atoms with Crippen LogP contribution in [-0.2, 0) is 21.2 Å². The van der Waals surface area contributed by atoms with Gasteiger partial charge in [0.05, 0.1) is 12.7 Å². The summed E-state index contributed by atoms with van der Waals surface area (Å²) >= 11 is 0. The molecule has 0 fully saturated rings. The van der Waals surface area contributed by atoms with Crippen molar-refractivity contribution in [2.75, 3.05) is 19.3 Å². The van der Waals surface area contributed by atoms with Crippen LogP contribution < -0.4 is 5.32 Å². The third-order valence-corrected chi connectivity index (χ3v) is 5.59. The number of carbonyl (C=O) groups excluding carboxylic acids is 1. The van der Waals surface area contributed by atoms with Crippen LogP contribution in [0, 0.1) is 6.92 Å². The van der Waals surface area contributed by atoms with Crippen molar-refractivity contribution in [3.05, 3.63) is 71.3 Å². The van der Waals surface area contributed by atoms with E-state index in [1.54, 1.807) is 0 Å². The molecule has 1 N–H and O–H groups in total. The van der Waals surface area contributed by atoms with Crippen molar-refractivity contribution in [3.8, 4) is 0 Å². The van der Waals surface area contributed by atoms with Crippen LogP contribution in [0.15, 0.2) is 54.6 Å². The smallest absolute Gasteiger partial charge is 0.224 e. The highest BCUT2D eigenvalue weighted by Crippen LogP contribution is 2.21. The van der Waals surface area contributed by atoms with Crippen LogP contribution in [0.4, 0.5) is 0 Å². The van der Waals surface area contributed by atoms with Crippen molar-refractivity contribution in [2.24, 2.45) is 0 Å². The Kier molecular flexibility index (Phi) is 6.94. The van der Waals surface area contributed by atoms with Crippen molar-refractivity contribution in [1.82, 2.24) is 9.62 Å². The van der Waals surface area contributed by atoms with Gasteiger partial charge >= 0.3 is 0 Å². The minimum absolute atomic E-state index is 0.114. The molecule has 5 nitrogen and oxygen atoms in total. The lowest BCUT2D eigenvalue weighted by atomic mass is 10.1. The predicted octanol–water partition coefficient (Wildman–Crippen LogP) is 2.68. The quantitative estimate of drug-likeness (QED) is 0.772. The number of amides is 1. The van der Waals surface area contributed by atoms with E-state index in [2.05, 4.69) is 5.32 Å². The molecule has 26 heavy (non-hydrogen) atoms. The summed E-state index contributed by atoms with van der Waals surface area (Å²) in [7, 11) is -3.39. The number of nitrogens with zero attached hydrogens (tertiary/aromatic N) is 1. The van der Waals surface area contributed by atoms with Gasteiger partial charge in [0.25, 0.3) is 0 Å². The molecule has 0 aromatic heterocycles. The van der Waals surface area contributed by atoms with E-state index in [1.165, 1.54) is 10.6 Å². The number of rotatable bonds is 8. The Hall–Kier alpha value is -2.18. The molecule has 1 atom stereocenters. The summed E-state index contributed by atoms with van der Waals surface area (Å²) in [5.41, 5.74) is 2.97. The van der Waals surface area contributed by atoms with E-state index in [4.69, 9.17) is 0 Å². The van der Waals surface area contributed by atoms with Gasteiger partial charge in [-0.05, 0) is 25.0 Å². The summed E-state index contributed by atoms with van der Waals surface area (Å²) in [5, 5.41) is 2.81. The van der Waals surface area contributed by atoms with Crippen LogP contribution in [0.1, 0.15) is 29.7 Å². The summed E-state index contributed by atoms with van der Waals surface area (Å²) in [6.45, 7) is 4.34. The van der Waals surface area contributed by atoms with Crippen LogP contribution in [0.25, 0.3) is 0 Å². The van der Waals surface area contributed by atoms with E-state index < -0.39 is 10.0 Å². The number of carbonyl (C=O) groups is 1. The summed E-state index contributed by atoms with van der Waals surface area (Å²) in [4.78, 5) is 12.1. The maximum atomic E-state index is 12.2. The normalized spacial score (nSPS) is 12.8. The lowest BCUT2D eigenvalue weighted by Gasteiger charge is -2.27. The molecule has 2 rings (SSSR count). The fourth-order valence-corrected chi connectivity index (χ4v) is 4.04. The van der Waals surface area contributed by atoms with Crippen molar-refractivity contribution >= 4 is 15.9 Å². The van der Waals surface area contributed by atoms with Crippen LogP contribution in [0.2, 0.25) is 0 Å². The molecule has 0 aliphatic heterocycles. The first-order valence-electron chi connectivity index (χ1n) is 8.61. The highest BCUT2D eigenvalue weighted by atomic mass is 32.2. The van der Waals surface area contributed by atoms with Gasteiger partial charge in [0.15, 0.2) is 0 Å². The number of benzene rings is 2. The van der Waals surface area contributed by atoms with Gasteiger partial charge in [-0.15, -0.1) is 0 Å². The minimum atomic E-state index is -3.39. The molecule has 6 heteroatoms. The molecular formula is C20H26N2O3S. The van der Waals surface area contributed by atoms with Crippen molar-refractivity contribution in [2.45, 2.75) is 26.3 Å². The van der Waals surface area contributed by atoms with Gasteiger partial charge in [0, 0.05) is 19.1 Å². The molecule has 2 aromatic carbocycles. The molecular weight excluding hydrogens is 348 g/mol. The topological polar surface area (TPSA) is 66.5 Å². The zero-order valence-corrected chi connectivity index (χ0v) is 16.3. The summed E-state index contributed by atoms with van der Waals surface area (Å²) in [6.07, 6.45) is 1.48. The molecule has 2 aromatic rings. The van der Waals surface area contributed by atoms with Crippen molar-refractivity contribution in [1.29, 1.82) is 0 Å². The Balaban J connectivity index is 1.94. The van der Waals surface area contributed by atoms with Crippen molar-refractivity contribution < 1.29 is 13.2 Å². The molecule has 0 aliphatic rings. The lowest BCUT2D eigenvalue weighted by Crippen LogP contribution is -2.39. The van der Waals surface area contributed by atoms with E-state index >= 15 is 0 Å². The van der Waals surface area contributed by atoms with Crippen LogP contribution in [0.3, 0.4) is 0 Å². The van der Waals surface area contributed by atoms with Gasteiger partial charge in [-0.2, -0.15) is 4.31 Å². The fraction of sp³-hybridized carbons (Fsp3) is 0.350. The second kappa shape index (κ2) is 8.96. The highest BCUT2D eigenvalue weighted by Gasteiger charge is 2.24. The maximum absolute atomic E-state index is 12.2. The summed E-state index contributed by atoms with van der Waals surface area (Å²) in [5.74, 6) is -0.114. The van der Waals surface area contributed by atoms with E-state index in [0.717, 1.165) is 16.7 Å². The van der Waals surface area contributed by atoms with Crippen molar-refractivity contribution in [3.63, 3.8) is 0 Å². The molecule has 0 saturated heterocycles. The van der Waals surface area contributed by atoms with Gasteiger partial charge in [0.2, 0.25) is 15.9 Å². The molecule has 0 aliphatic carbocycles. The van der Waals surface area contributed by atoms with Gasteiger partial charge in [-0.1, -0.05) is 60.2 Å². The minimum Gasteiger partial charge on any atom is -0.354 e. The second-order valence-corrected chi connectivity index (χ2v) is 8.41. The molecule has 0 bridgehead atoms. The Morgan fingerprint density at radius 1 is 1.12 bits per heavy atom. The van der Waals surface area contributed by atoms with E-state index in [-0.39, 0.29) is 31.5 Å². The summed E-state index contributed by atoms with van der Waals surface area (Å²) < 4.78 is 25.7. The van der Waals surface area contributed by atoms with E-state index in [1.807, 2.05) is 68.4 Å². The highest BCUT2D eigenvalue weighted by molar-refractivity contribution is 7.88. The number of sulfonamides is 1. The average Bonchev–Trinajstić information content (AvgIpc) is 2.58. The van der Waals surface area contributed by atoms with E-state index in [9.17, 15) is 13.2 Å². The average molecular weight is 375 g/mol. The lowest BCUT2D eigenvalue weighted by molar-refractivity contribution is -0.120. The first-order valence-corrected chi connectivity index (χ1v) is 10.5. The zero-order valence-electron chi connectivity index (χ0n) is 15.5. The van der Waals surface area contributed by atoms with E-state index in [0.29, 0.717) is 0 Å². The molecule has 1 unspecified atom stereocenters. The van der Waals surface area contributed by atoms with Gasteiger partial charge in [-0.25, -0.2) is 8.42 Å². The molecule has 140 valence electrons. The first kappa shape index (κ1) is 20.1. The monoisotopic (exact) mass is 374 g/mol. The van der Waals surface area contributed by atoms with Gasteiger partial charge in [0.1, 0.15) is 0 Å². The van der Waals surface area contributed by atoms with Crippen LogP contribution in [0.5, 0.6) is 0 Å². The zero-order chi connectivity index (χ0) is 19.2. The molecule has 0 saturated carbocycles. The standard InChI is InChI=1S/C20H26N2O3S/c1-16-8-7-9-18(14-16)15-20(23)21-12-13-22(26(3,24)25)17(2)19-10-5-4-6-11-19/h4-11,14,17H,12-13,15H2,1-3H3,(H,21,23). The van der Waals surface area contributed by atoms with Gasteiger partial charge < -0.3 is 5.32 Å². The number of hydrogen-bond acceptors (Lipinski definition) is 3. The van der Waals surface area contributed by atoms with Gasteiger partial charge in [-0.3, -0.25) is 4.79 Å². The first-order chi connectivity index (χ1) is 12.3. The largest absolute Gasteiger partial charge is 0.354 e. The Morgan fingerprint density at radius 2 is 1.81 bits per heavy atom. The number of nitrogens with one attached hydrogen (secondary N) is 1. The van der Waals surface area contributed by atoms with Crippen LogP contribution in [-0.4, -0.2) is 38.0 Å². The Bertz CT molecular complexity index is 835. The third-order valence-electron chi connectivity index (χ3n) is 4.24.